The molecule has 5 heteroatoms. The molecule has 1 aromatic carbocycles. The van der Waals surface area contributed by atoms with Gasteiger partial charge in [0.15, 0.2) is 0 Å². The minimum atomic E-state index is -4.65. The van der Waals surface area contributed by atoms with Crippen LogP contribution in [0.2, 0.25) is 0 Å². The molecular formula is C12H13F3O2. The van der Waals surface area contributed by atoms with Gasteiger partial charge in [-0.2, -0.15) is 0 Å². The molecule has 1 aromatic rings. The van der Waals surface area contributed by atoms with Crippen molar-refractivity contribution in [1.29, 1.82) is 0 Å². The molecule has 0 N–H and O–H groups in total. The van der Waals surface area contributed by atoms with Gasteiger partial charge in [-0.25, -0.2) is 0 Å². The highest BCUT2D eigenvalue weighted by molar-refractivity contribution is 5.31. The van der Waals surface area contributed by atoms with Crippen molar-refractivity contribution in [3.8, 4) is 11.5 Å². The van der Waals surface area contributed by atoms with E-state index in [2.05, 4.69) is 11.7 Å². The highest BCUT2D eigenvalue weighted by Crippen LogP contribution is 2.31. The molecule has 1 aliphatic rings. The molecule has 0 unspecified atom stereocenters. The van der Waals surface area contributed by atoms with Crippen LogP contribution in [0, 0.1) is 5.92 Å². The fraction of sp³-hybridized carbons (Fsp3) is 0.500. The van der Waals surface area contributed by atoms with Gasteiger partial charge in [0.25, 0.3) is 0 Å². The van der Waals surface area contributed by atoms with Crippen LogP contribution in [0.15, 0.2) is 24.3 Å². The molecule has 0 spiro atoms. The summed E-state index contributed by atoms with van der Waals surface area (Å²) in [6.07, 6.45) is -2.45. The molecule has 94 valence electrons. The van der Waals surface area contributed by atoms with E-state index in [1.807, 2.05) is 0 Å². The summed E-state index contributed by atoms with van der Waals surface area (Å²) in [6, 6.07) is 5.49. The smallest absolute Gasteiger partial charge is 0.490 e. The quantitative estimate of drug-likeness (QED) is 0.808. The maximum atomic E-state index is 11.9. The van der Waals surface area contributed by atoms with E-state index < -0.39 is 6.36 Å². The average molecular weight is 246 g/mol. The Kier molecular flexibility index (Phi) is 3.17. The van der Waals surface area contributed by atoms with Gasteiger partial charge in [0.1, 0.15) is 11.5 Å². The Morgan fingerprint density at radius 2 is 1.59 bits per heavy atom. The van der Waals surface area contributed by atoms with Crippen LogP contribution >= 0.6 is 0 Å². The SMILES string of the molecule is CC1CC(Oc2ccc(OC(F)(F)F)cc2)C1. The lowest BCUT2D eigenvalue weighted by Crippen LogP contribution is -2.31. The number of halogens is 3. The second kappa shape index (κ2) is 4.47. The number of hydrogen-bond donors (Lipinski definition) is 0. The van der Waals surface area contributed by atoms with Crippen LogP contribution in [0.4, 0.5) is 13.2 Å². The lowest BCUT2D eigenvalue weighted by atomic mass is 9.84. The third-order valence-corrected chi connectivity index (χ3v) is 2.69. The van der Waals surface area contributed by atoms with Gasteiger partial charge in [0.2, 0.25) is 0 Å². The zero-order chi connectivity index (χ0) is 12.5. The van der Waals surface area contributed by atoms with E-state index in [1.54, 1.807) is 0 Å². The van der Waals surface area contributed by atoms with Gasteiger partial charge in [0, 0.05) is 0 Å². The van der Waals surface area contributed by atoms with Crippen molar-refractivity contribution in [1.82, 2.24) is 0 Å². The van der Waals surface area contributed by atoms with E-state index in [0.717, 1.165) is 12.8 Å². The Morgan fingerprint density at radius 3 is 2.06 bits per heavy atom. The molecule has 17 heavy (non-hydrogen) atoms. The van der Waals surface area contributed by atoms with Gasteiger partial charge >= 0.3 is 6.36 Å². The largest absolute Gasteiger partial charge is 0.573 e. The van der Waals surface area contributed by atoms with Crippen molar-refractivity contribution >= 4 is 0 Å². The summed E-state index contributed by atoms with van der Waals surface area (Å²) in [5.41, 5.74) is 0. The minimum Gasteiger partial charge on any atom is -0.490 e. The zero-order valence-electron chi connectivity index (χ0n) is 9.33. The molecule has 2 rings (SSSR count). The molecule has 1 aliphatic carbocycles. The highest BCUT2D eigenvalue weighted by atomic mass is 19.4. The van der Waals surface area contributed by atoms with Crippen LogP contribution in [0.3, 0.4) is 0 Å². The summed E-state index contributed by atoms with van der Waals surface area (Å²) in [6.45, 7) is 2.14. The lowest BCUT2D eigenvalue weighted by Gasteiger charge is -2.32. The lowest BCUT2D eigenvalue weighted by molar-refractivity contribution is -0.274. The number of ether oxygens (including phenoxy) is 2. The van der Waals surface area contributed by atoms with Crippen LogP contribution < -0.4 is 9.47 Å². The predicted octanol–water partition coefficient (Wildman–Crippen LogP) is 3.76. The first-order chi connectivity index (χ1) is 7.92. The van der Waals surface area contributed by atoms with Crippen LogP contribution in [-0.2, 0) is 0 Å². The third kappa shape index (κ3) is 3.54. The first-order valence-corrected chi connectivity index (χ1v) is 5.45. The summed E-state index contributed by atoms with van der Waals surface area (Å²) < 4.78 is 45.0. The molecule has 2 nitrogen and oxygen atoms in total. The van der Waals surface area contributed by atoms with Gasteiger partial charge in [-0.1, -0.05) is 6.92 Å². The van der Waals surface area contributed by atoms with Crippen molar-refractivity contribution in [2.24, 2.45) is 5.92 Å². The maximum absolute atomic E-state index is 11.9. The fourth-order valence-electron chi connectivity index (χ4n) is 1.84. The molecule has 0 amide bonds. The fourth-order valence-corrected chi connectivity index (χ4v) is 1.84. The Bertz CT molecular complexity index is 366. The highest BCUT2D eigenvalue weighted by Gasteiger charge is 2.31. The van der Waals surface area contributed by atoms with Crippen LogP contribution in [0.5, 0.6) is 11.5 Å². The number of hydrogen-bond acceptors (Lipinski definition) is 2. The molecular weight excluding hydrogens is 233 g/mol. The van der Waals surface area contributed by atoms with E-state index in [0.29, 0.717) is 11.7 Å². The molecule has 0 atom stereocenters. The van der Waals surface area contributed by atoms with E-state index in [1.165, 1.54) is 24.3 Å². The van der Waals surface area contributed by atoms with E-state index in [9.17, 15) is 13.2 Å². The first kappa shape index (κ1) is 12.1. The Hall–Kier alpha value is -1.39. The maximum Gasteiger partial charge on any atom is 0.573 e. The molecule has 1 fully saturated rings. The first-order valence-electron chi connectivity index (χ1n) is 5.45. The van der Waals surface area contributed by atoms with Crippen molar-refractivity contribution in [2.45, 2.75) is 32.2 Å². The predicted molar refractivity (Wildman–Crippen MR) is 55.9 cm³/mol. The average Bonchev–Trinajstić information content (AvgIpc) is 2.16. The zero-order valence-corrected chi connectivity index (χ0v) is 9.33. The van der Waals surface area contributed by atoms with E-state index >= 15 is 0 Å². The van der Waals surface area contributed by atoms with Gasteiger partial charge in [-0.05, 0) is 43.0 Å². The Balaban J connectivity index is 1.89. The molecule has 0 radical (unpaired) electrons. The standard InChI is InChI=1S/C12H13F3O2/c1-8-6-11(7-8)16-9-2-4-10(5-3-9)17-12(13,14)15/h2-5,8,11H,6-7H2,1H3. The summed E-state index contributed by atoms with van der Waals surface area (Å²) in [5.74, 6) is 1.02. The Morgan fingerprint density at radius 1 is 1.06 bits per heavy atom. The molecule has 1 saturated carbocycles. The van der Waals surface area contributed by atoms with Crippen molar-refractivity contribution in [2.75, 3.05) is 0 Å². The second-order valence-corrected chi connectivity index (χ2v) is 4.34. The number of benzene rings is 1. The summed E-state index contributed by atoms with van der Waals surface area (Å²) >= 11 is 0. The summed E-state index contributed by atoms with van der Waals surface area (Å²) in [5, 5.41) is 0. The van der Waals surface area contributed by atoms with Crippen LogP contribution in [0.1, 0.15) is 19.8 Å². The molecule has 0 heterocycles. The molecule has 0 aromatic heterocycles. The second-order valence-electron chi connectivity index (χ2n) is 4.34. The summed E-state index contributed by atoms with van der Waals surface area (Å²) in [4.78, 5) is 0. The number of alkyl halides is 3. The molecule has 0 saturated heterocycles. The van der Waals surface area contributed by atoms with Gasteiger partial charge in [-0.3, -0.25) is 0 Å². The number of rotatable bonds is 3. The minimum absolute atomic E-state index is 0.194. The van der Waals surface area contributed by atoms with Crippen LogP contribution in [0.25, 0.3) is 0 Å². The topological polar surface area (TPSA) is 18.5 Å². The van der Waals surface area contributed by atoms with Gasteiger partial charge < -0.3 is 9.47 Å². The van der Waals surface area contributed by atoms with Crippen molar-refractivity contribution in [3.05, 3.63) is 24.3 Å². The van der Waals surface area contributed by atoms with E-state index in [-0.39, 0.29) is 11.9 Å². The normalized spacial score (nSPS) is 24.0. The van der Waals surface area contributed by atoms with Crippen LogP contribution in [-0.4, -0.2) is 12.5 Å². The summed E-state index contributed by atoms with van der Waals surface area (Å²) in [7, 11) is 0. The van der Waals surface area contributed by atoms with Crippen molar-refractivity contribution < 1.29 is 22.6 Å². The van der Waals surface area contributed by atoms with Gasteiger partial charge in [-0.15, -0.1) is 13.2 Å². The van der Waals surface area contributed by atoms with E-state index in [4.69, 9.17) is 4.74 Å². The molecule has 0 bridgehead atoms. The monoisotopic (exact) mass is 246 g/mol. The van der Waals surface area contributed by atoms with Crippen molar-refractivity contribution in [3.63, 3.8) is 0 Å². The molecule has 0 aliphatic heterocycles. The third-order valence-electron chi connectivity index (χ3n) is 2.69. The van der Waals surface area contributed by atoms with Gasteiger partial charge in [0.05, 0.1) is 6.10 Å². The Labute approximate surface area is 97.3 Å².